The van der Waals surface area contributed by atoms with Gasteiger partial charge < -0.3 is 4.42 Å². The number of aromatic nitrogens is 1. The maximum absolute atomic E-state index is 6.05. The summed E-state index contributed by atoms with van der Waals surface area (Å²) in [6.45, 7) is 4.24. The van der Waals surface area contributed by atoms with E-state index in [-0.39, 0.29) is 0 Å². The zero-order valence-corrected chi connectivity index (χ0v) is 15.4. The van der Waals surface area contributed by atoms with E-state index in [0.29, 0.717) is 5.89 Å². The van der Waals surface area contributed by atoms with Gasteiger partial charge in [0, 0.05) is 16.2 Å². The summed E-state index contributed by atoms with van der Waals surface area (Å²) in [6.07, 6.45) is 1.09. The van der Waals surface area contributed by atoms with Gasteiger partial charge in [0.15, 0.2) is 10.1 Å². The molecule has 24 heavy (non-hydrogen) atoms. The van der Waals surface area contributed by atoms with Gasteiger partial charge in [0.1, 0.15) is 7.85 Å². The molecule has 120 valence electrons. The molecule has 0 saturated carbocycles. The molecule has 0 amide bonds. The Kier molecular flexibility index (Phi) is 5.74. The number of benzene rings is 2. The minimum absolute atomic E-state index is 0.673. The van der Waals surface area contributed by atoms with Crippen LogP contribution in [0.25, 0.3) is 11.5 Å². The summed E-state index contributed by atoms with van der Waals surface area (Å²) < 4.78 is 6.05. The summed E-state index contributed by atoms with van der Waals surface area (Å²) in [5, 5.41) is 1.79. The molecule has 0 saturated heterocycles. The van der Waals surface area contributed by atoms with Crippen molar-refractivity contribution in [1.29, 1.82) is 0 Å². The minimum Gasteiger partial charge on any atom is -0.429 e. The Bertz CT molecular complexity index is 797. The summed E-state index contributed by atoms with van der Waals surface area (Å²) in [6, 6.07) is 16.1. The van der Waals surface area contributed by atoms with Crippen molar-refractivity contribution in [2.24, 2.45) is 0 Å². The predicted octanol–water partition coefficient (Wildman–Crippen LogP) is 5.10. The molecule has 1 heterocycles. The van der Waals surface area contributed by atoms with Crippen LogP contribution >= 0.6 is 23.5 Å². The van der Waals surface area contributed by atoms with Gasteiger partial charge >= 0.3 is 0 Å². The molecule has 0 aliphatic rings. The number of oxazole rings is 1. The fourth-order valence-electron chi connectivity index (χ4n) is 2.11. The summed E-state index contributed by atoms with van der Waals surface area (Å²) in [5.41, 5.74) is 2.99. The second-order valence-electron chi connectivity index (χ2n) is 5.50. The van der Waals surface area contributed by atoms with Gasteiger partial charge in [-0.1, -0.05) is 65.7 Å². The van der Waals surface area contributed by atoms with Crippen LogP contribution in [-0.4, -0.2) is 18.6 Å². The Morgan fingerprint density at radius 3 is 2.42 bits per heavy atom. The molecule has 0 aliphatic heterocycles. The maximum Gasteiger partial charge on any atom is 0.228 e. The van der Waals surface area contributed by atoms with Crippen LogP contribution in [0.2, 0.25) is 0 Å². The maximum atomic E-state index is 6.05. The second kappa shape index (κ2) is 7.99. The lowest BCUT2D eigenvalue weighted by Crippen LogP contribution is -1.98. The lowest BCUT2D eigenvalue weighted by atomic mass is 9.97. The first-order chi connectivity index (χ1) is 11.7. The highest BCUT2D eigenvalue weighted by Crippen LogP contribution is 2.38. The van der Waals surface area contributed by atoms with Crippen molar-refractivity contribution in [2.75, 3.05) is 5.75 Å². The first kappa shape index (κ1) is 17.2. The minimum atomic E-state index is 0.673. The van der Waals surface area contributed by atoms with E-state index >= 15 is 0 Å². The van der Waals surface area contributed by atoms with Crippen molar-refractivity contribution in [3.05, 3.63) is 54.1 Å². The van der Waals surface area contributed by atoms with Crippen LogP contribution in [0.15, 0.2) is 68.0 Å². The number of rotatable bonds is 6. The summed E-state index contributed by atoms with van der Waals surface area (Å²) >= 11 is 3.32. The lowest BCUT2D eigenvalue weighted by Gasteiger charge is -2.01. The van der Waals surface area contributed by atoms with Crippen molar-refractivity contribution in [1.82, 2.24) is 4.98 Å². The molecule has 1 aromatic heterocycles. The normalized spacial score (nSPS) is 10.9. The van der Waals surface area contributed by atoms with E-state index in [1.807, 2.05) is 36.4 Å². The highest BCUT2D eigenvalue weighted by molar-refractivity contribution is 8.02. The van der Waals surface area contributed by atoms with Crippen LogP contribution < -0.4 is 5.46 Å². The standard InChI is InChI=1S/C19H18BNOS2/c1-3-12-23-19-18(24-16-10-8-15(20)9-11-16)21-17(22-19)14-6-4-13(2)5-7-14/h4-11H,3,12H2,1-2H3. The van der Waals surface area contributed by atoms with Crippen LogP contribution in [0.3, 0.4) is 0 Å². The van der Waals surface area contributed by atoms with Gasteiger partial charge in [-0.2, -0.15) is 0 Å². The zero-order valence-electron chi connectivity index (χ0n) is 13.8. The average Bonchev–Trinajstić information content (AvgIpc) is 2.98. The fraction of sp³-hybridized carbons (Fsp3) is 0.211. The molecule has 0 N–H and O–H groups in total. The molecule has 2 nitrogen and oxygen atoms in total. The predicted molar refractivity (Wildman–Crippen MR) is 104 cm³/mol. The Morgan fingerprint density at radius 1 is 1.04 bits per heavy atom. The lowest BCUT2D eigenvalue weighted by molar-refractivity contribution is 0.474. The van der Waals surface area contributed by atoms with Crippen LogP contribution in [0.5, 0.6) is 0 Å². The van der Waals surface area contributed by atoms with Gasteiger partial charge in [-0.25, -0.2) is 4.98 Å². The molecular formula is C19H18BNOS2. The average molecular weight is 351 g/mol. The number of aryl methyl sites for hydroxylation is 1. The molecule has 0 atom stereocenters. The van der Waals surface area contributed by atoms with Gasteiger partial charge in [-0.3, -0.25) is 0 Å². The summed E-state index contributed by atoms with van der Waals surface area (Å²) in [7, 11) is 5.76. The van der Waals surface area contributed by atoms with Crippen molar-refractivity contribution in [2.45, 2.75) is 35.3 Å². The summed E-state index contributed by atoms with van der Waals surface area (Å²) in [5.74, 6) is 1.68. The number of hydrogen-bond acceptors (Lipinski definition) is 4. The molecule has 2 radical (unpaired) electrons. The zero-order chi connectivity index (χ0) is 16.9. The molecule has 0 fully saturated rings. The molecule has 0 aliphatic carbocycles. The van der Waals surface area contributed by atoms with Gasteiger partial charge in [-0.05, 0) is 37.6 Å². The van der Waals surface area contributed by atoms with E-state index in [0.717, 1.165) is 38.2 Å². The molecule has 0 spiro atoms. The van der Waals surface area contributed by atoms with E-state index in [9.17, 15) is 0 Å². The van der Waals surface area contributed by atoms with Crippen LogP contribution in [-0.2, 0) is 0 Å². The molecule has 5 heteroatoms. The summed E-state index contributed by atoms with van der Waals surface area (Å²) in [4.78, 5) is 5.83. The largest absolute Gasteiger partial charge is 0.429 e. The first-order valence-electron chi connectivity index (χ1n) is 7.90. The first-order valence-corrected chi connectivity index (χ1v) is 9.70. The van der Waals surface area contributed by atoms with E-state index in [2.05, 4.69) is 26.0 Å². The molecule has 0 bridgehead atoms. The van der Waals surface area contributed by atoms with Crippen molar-refractivity contribution in [3.63, 3.8) is 0 Å². The smallest absolute Gasteiger partial charge is 0.228 e. The Hall–Kier alpha value is -1.59. The van der Waals surface area contributed by atoms with Crippen LogP contribution in [0.4, 0.5) is 0 Å². The van der Waals surface area contributed by atoms with Gasteiger partial charge in [0.25, 0.3) is 0 Å². The van der Waals surface area contributed by atoms with Gasteiger partial charge in [0.2, 0.25) is 5.89 Å². The Balaban J connectivity index is 1.90. The molecule has 3 aromatic rings. The quantitative estimate of drug-likeness (QED) is 0.456. The monoisotopic (exact) mass is 351 g/mol. The third-order valence-electron chi connectivity index (χ3n) is 3.40. The molecule has 3 rings (SSSR count). The SMILES string of the molecule is [B]c1ccc(Sc2nc(-c3ccc(C)cc3)oc2SCCC)cc1. The fourth-order valence-corrected chi connectivity index (χ4v) is 3.86. The number of nitrogens with zero attached hydrogens (tertiary/aromatic N) is 1. The molecule has 0 unspecified atom stereocenters. The number of hydrogen-bond donors (Lipinski definition) is 0. The Labute approximate surface area is 152 Å². The van der Waals surface area contributed by atoms with Crippen molar-refractivity contribution < 1.29 is 4.42 Å². The van der Waals surface area contributed by atoms with E-state index in [4.69, 9.17) is 17.2 Å². The third kappa shape index (κ3) is 4.28. The Morgan fingerprint density at radius 2 is 1.75 bits per heavy atom. The van der Waals surface area contributed by atoms with Crippen molar-refractivity contribution in [3.8, 4) is 11.5 Å². The molecule has 2 aromatic carbocycles. The van der Waals surface area contributed by atoms with Gasteiger partial charge in [-0.15, -0.1) is 0 Å². The van der Waals surface area contributed by atoms with E-state index in [1.54, 1.807) is 23.5 Å². The van der Waals surface area contributed by atoms with E-state index < -0.39 is 0 Å². The van der Waals surface area contributed by atoms with Crippen LogP contribution in [0.1, 0.15) is 18.9 Å². The molecular weight excluding hydrogens is 333 g/mol. The second-order valence-corrected chi connectivity index (χ2v) is 7.63. The number of thioether (sulfide) groups is 1. The third-order valence-corrected chi connectivity index (χ3v) is 5.66. The van der Waals surface area contributed by atoms with Gasteiger partial charge in [0.05, 0.1) is 0 Å². The highest BCUT2D eigenvalue weighted by atomic mass is 32.2. The van der Waals surface area contributed by atoms with Crippen molar-refractivity contribution >= 4 is 36.8 Å². The van der Waals surface area contributed by atoms with E-state index in [1.165, 1.54) is 5.56 Å². The highest BCUT2D eigenvalue weighted by Gasteiger charge is 2.16. The van der Waals surface area contributed by atoms with Crippen LogP contribution in [0, 0.1) is 6.92 Å². The topological polar surface area (TPSA) is 26.0 Å².